The van der Waals surface area contributed by atoms with E-state index in [2.05, 4.69) is 15.1 Å². The molecule has 27 heavy (non-hydrogen) atoms. The highest BCUT2D eigenvalue weighted by atomic mass is 16.2. The van der Waals surface area contributed by atoms with Crippen LogP contribution in [0.3, 0.4) is 0 Å². The summed E-state index contributed by atoms with van der Waals surface area (Å²) in [5.41, 5.74) is 3.05. The number of rotatable bonds is 5. The topological polar surface area (TPSA) is 59.2 Å². The average molecular weight is 364 g/mol. The number of amides is 1. The number of hydrogen-bond acceptors (Lipinski definition) is 4. The molecule has 3 aromatic rings. The van der Waals surface area contributed by atoms with Crippen LogP contribution in [-0.4, -0.2) is 61.4 Å². The molecule has 0 atom stereocenters. The van der Waals surface area contributed by atoms with Crippen LogP contribution in [0.5, 0.6) is 0 Å². The van der Waals surface area contributed by atoms with Crippen molar-refractivity contribution < 1.29 is 4.79 Å². The maximum atomic E-state index is 12.9. The summed E-state index contributed by atoms with van der Waals surface area (Å²) in [6.45, 7) is 4.83. The molecule has 0 bridgehead atoms. The molecule has 0 unspecified atom stereocenters. The van der Waals surface area contributed by atoms with Crippen molar-refractivity contribution in [2.75, 3.05) is 26.2 Å². The van der Waals surface area contributed by atoms with Crippen LogP contribution in [0.4, 0.5) is 0 Å². The van der Waals surface area contributed by atoms with Gasteiger partial charge >= 0.3 is 0 Å². The first-order valence-corrected chi connectivity index (χ1v) is 9.23. The van der Waals surface area contributed by atoms with E-state index in [1.54, 1.807) is 6.20 Å². The Labute approximate surface area is 158 Å². The van der Waals surface area contributed by atoms with Crippen LogP contribution >= 0.6 is 0 Å². The Morgan fingerprint density at radius 2 is 1.89 bits per heavy atom. The summed E-state index contributed by atoms with van der Waals surface area (Å²) in [5.74, 6) is 0.110. The Balaban J connectivity index is 1.35. The summed E-state index contributed by atoms with van der Waals surface area (Å²) in [6.07, 6.45) is 7.64. The summed E-state index contributed by atoms with van der Waals surface area (Å²) in [4.78, 5) is 17.2. The summed E-state index contributed by atoms with van der Waals surface area (Å²) in [7, 11) is 1.93. The molecule has 140 valence electrons. The van der Waals surface area contributed by atoms with Crippen molar-refractivity contribution in [3.8, 4) is 0 Å². The molecule has 1 saturated heterocycles. The molecule has 4 rings (SSSR count). The fourth-order valence-corrected chi connectivity index (χ4v) is 3.49. The van der Waals surface area contributed by atoms with Gasteiger partial charge in [-0.15, -0.1) is 0 Å². The standard InChI is InChI=1S/C20H24N6O/c1-23-14-18(13-22-23)15-24-8-10-25(11-9-24)20(27)19-5-2-4-17(12-19)16-26-7-3-6-21-26/h2-7,12-14H,8-11,15-16H2,1H3. The molecule has 1 amide bonds. The Hall–Kier alpha value is -2.93. The van der Waals surface area contributed by atoms with Crippen molar-refractivity contribution in [1.29, 1.82) is 0 Å². The summed E-state index contributed by atoms with van der Waals surface area (Å²) < 4.78 is 3.69. The summed E-state index contributed by atoms with van der Waals surface area (Å²) >= 11 is 0. The molecule has 0 spiro atoms. The third-order valence-electron chi connectivity index (χ3n) is 4.90. The second kappa shape index (κ2) is 7.75. The van der Waals surface area contributed by atoms with Crippen molar-refractivity contribution in [3.63, 3.8) is 0 Å². The number of benzene rings is 1. The number of carbonyl (C=O) groups is 1. The average Bonchev–Trinajstić information content (AvgIpc) is 3.34. The Morgan fingerprint density at radius 3 is 2.59 bits per heavy atom. The minimum atomic E-state index is 0.110. The Bertz CT molecular complexity index is 893. The molecule has 2 aromatic heterocycles. The van der Waals surface area contributed by atoms with Gasteiger partial charge in [0, 0.05) is 69.5 Å². The maximum absolute atomic E-state index is 12.9. The monoisotopic (exact) mass is 364 g/mol. The van der Waals surface area contributed by atoms with Crippen molar-refractivity contribution in [1.82, 2.24) is 29.4 Å². The normalized spacial score (nSPS) is 15.2. The second-order valence-electron chi connectivity index (χ2n) is 6.99. The number of piperazine rings is 1. The quantitative estimate of drug-likeness (QED) is 0.690. The van der Waals surface area contributed by atoms with Crippen LogP contribution in [0.25, 0.3) is 0 Å². The first-order valence-electron chi connectivity index (χ1n) is 9.23. The van der Waals surface area contributed by atoms with Crippen molar-refractivity contribution in [2.45, 2.75) is 13.1 Å². The largest absolute Gasteiger partial charge is 0.336 e. The molecule has 0 saturated carbocycles. The highest BCUT2D eigenvalue weighted by molar-refractivity contribution is 5.94. The molecule has 3 heterocycles. The van der Waals surface area contributed by atoms with Gasteiger partial charge in [0.1, 0.15) is 0 Å². The minimum Gasteiger partial charge on any atom is -0.336 e. The van der Waals surface area contributed by atoms with Crippen molar-refractivity contribution >= 4 is 5.91 Å². The zero-order valence-corrected chi connectivity index (χ0v) is 15.5. The molecular weight excluding hydrogens is 340 g/mol. The smallest absolute Gasteiger partial charge is 0.253 e. The second-order valence-corrected chi connectivity index (χ2v) is 6.99. The van der Waals surface area contributed by atoms with Crippen LogP contribution < -0.4 is 0 Å². The Kier molecular flexibility index (Phi) is 5.02. The van der Waals surface area contributed by atoms with E-state index in [-0.39, 0.29) is 5.91 Å². The number of nitrogens with zero attached hydrogens (tertiary/aromatic N) is 6. The van der Waals surface area contributed by atoms with Gasteiger partial charge in [-0.1, -0.05) is 12.1 Å². The molecule has 7 heteroatoms. The Morgan fingerprint density at radius 1 is 1.04 bits per heavy atom. The van der Waals surface area contributed by atoms with Gasteiger partial charge in [0.25, 0.3) is 5.91 Å². The molecule has 1 fully saturated rings. The van der Waals surface area contributed by atoms with Crippen LogP contribution in [0, 0.1) is 0 Å². The first-order chi connectivity index (χ1) is 13.2. The highest BCUT2D eigenvalue weighted by Gasteiger charge is 2.22. The van der Waals surface area contributed by atoms with E-state index >= 15 is 0 Å². The number of aromatic nitrogens is 4. The van der Waals surface area contributed by atoms with Gasteiger partial charge in [-0.2, -0.15) is 10.2 Å². The number of carbonyl (C=O) groups excluding carboxylic acids is 1. The summed E-state index contributed by atoms with van der Waals surface area (Å²) in [5, 5.41) is 8.45. The molecule has 1 aliphatic heterocycles. The number of hydrogen-bond donors (Lipinski definition) is 0. The van der Waals surface area contributed by atoms with E-state index < -0.39 is 0 Å². The van der Waals surface area contributed by atoms with Gasteiger partial charge in [0.2, 0.25) is 0 Å². The van der Waals surface area contributed by atoms with Crippen LogP contribution in [0.2, 0.25) is 0 Å². The number of aryl methyl sites for hydroxylation is 1. The van der Waals surface area contributed by atoms with E-state index in [0.717, 1.165) is 43.9 Å². The van der Waals surface area contributed by atoms with Gasteiger partial charge < -0.3 is 4.90 Å². The lowest BCUT2D eigenvalue weighted by atomic mass is 10.1. The van der Waals surface area contributed by atoms with Crippen molar-refractivity contribution in [2.24, 2.45) is 7.05 Å². The predicted octanol–water partition coefficient (Wildman–Crippen LogP) is 1.62. The molecule has 0 aliphatic carbocycles. The first kappa shape index (κ1) is 17.5. The predicted molar refractivity (Wildman–Crippen MR) is 102 cm³/mol. The minimum absolute atomic E-state index is 0.110. The zero-order valence-electron chi connectivity index (χ0n) is 15.5. The van der Waals surface area contributed by atoms with Crippen LogP contribution in [0.1, 0.15) is 21.5 Å². The SMILES string of the molecule is Cn1cc(CN2CCN(C(=O)c3cccc(Cn4cccn4)c3)CC2)cn1. The third kappa shape index (κ3) is 4.25. The summed E-state index contributed by atoms with van der Waals surface area (Å²) in [6, 6.07) is 9.76. The van der Waals surface area contributed by atoms with E-state index in [4.69, 9.17) is 0 Å². The lowest BCUT2D eigenvalue weighted by Crippen LogP contribution is -2.48. The molecule has 1 aliphatic rings. The lowest BCUT2D eigenvalue weighted by Gasteiger charge is -2.34. The highest BCUT2D eigenvalue weighted by Crippen LogP contribution is 2.13. The van der Waals surface area contributed by atoms with Gasteiger partial charge in [0.15, 0.2) is 0 Å². The lowest BCUT2D eigenvalue weighted by molar-refractivity contribution is 0.0628. The molecule has 0 N–H and O–H groups in total. The van der Waals surface area contributed by atoms with Crippen molar-refractivity contribution in [3.05, 3.63) is 71.8 Å². The molecule has 7 nitrogen and oxygen atoms in total. The molecular formula is C20H24N6O. The molecule has 1 aromatic carbocycles. The fraction of sp³-hybridized carbons (Fsp3) is 0.350. The van der Waals surface area contributed by atoms with Gasteiger partial charge in [-0.3, -0.25) is 19.1 Å². The maximum Gasteiger partial charge on any atom is 0.253 e. The van der Waals surface area contributed by atoms with Gasteiger partial charge in [-0.05, 0) is 23.8 Å². The van der Waals surface area contributed by atoms with E-state index in [1.807, 2.05) is 70.2 Å². The van der Waals surface area contributed by atoms with Gasteiger partial charge in [-0.25, -0.2) is 0 Å². The molecule has 0 radical (unpaired) electrons. The van der Waals surface area contributed by atoms with E-state index in [9.17, 15) is 4.79 Å². The fourth-order valence-electron chi connectivity index (χ4n) is 3.49. The van der Waals surface area contributed by atoms with Crippen LogP contribution in [-0.2, 0) is 20.1 Å². The zero-order chi connectivity index (χ0) is 18.6. The van der Waals surface area contributed by atoms with Gasteiger partial charge in [0.05, 0.1) is 12.7 Å². The third-order valence-corrected chi connectivity index (χ3v) is 4.90. The van der Waals surface area contributed by atoms with Crippen LogP contribution in [0.15, 0.2) is 55.1 Å². The van der Waals surface area contributed by atoms with E-state index in [1.165, 1.54) is 5.56 Å². The van der Waals surface area contributed by atoms with E-state index in [0.29, 0.717) is 6.54 Å².